The number of nitrogens with one attached hydrogen (secondary N) is 1. The van der Waals surface area contributed by atoms with Gasteiger partial charge in [0.1, 0.15) is 11.6 Å². The van der Waals surface area contributed by atoms with Crippen LogP contribution < -0.4 is 10.1 Å². The Morgan fingerprint density at radius 3 is 2.94 bits per heavy atom. The number of pyridine rings is 2. The van der Waals surface area contributed by atoms with Gasteiger partial charge in [-0.3, -0.25) is 9.78 Å². The molecule has 92 valence electrons. The Balaban J connectivity index is 2.22. The van der Waals surface area contributed by atoms with Crippen molar-refractivity contribution in [3.8, 4) is 5.75 Å². The van der Waals surface area contributed by atoms with Crippen LogP contribution in [0.4, 0.5) is 5.82 Å². The minimum absolute atomic E-state index is 0.292. The average Bonchev–Trinajstić information content (AvgIpc) is 2.38. The van der Waals surface area contributed by atoms with Crippen molar-refractivity contribution in [2.24, 2.45) is 0 Å². The maximum absolute atomic E-state index is 12.0. The van der Waals surface area contributed by atoms with Gasteiger partial charge in [-0.2, -0.15) is 0 Å². The Kier molecular flexibility index (Phi) is 3.88. The van der Waals surface area contributed by atoms with Gasteiger partial charge >= 0.3 is 0 Å². The first-order valence-corrected chi connectivity index (χ1v) is 5.91. The topological polar surface area (TPSA) is 64.1 Å². The molecule has 2 heterocycles. The summed E-state index contributed by atoms with van der Waals surface area (Å²) < 4.78 is 5.92. The van der Waals surface area contributed by atoms with E-state index in [-0.39, 0.29) is 5.91 Å². The van der Waals surface area contributed by atoms with E-state index < -0.39 is 0 Å². The minimum Gasteiger partial charge on any atom is -0.494 e. The molecule has 2 rings (SSSR count). The summed E-state index contributed by atoms with van der Waals surface area (Å²) >= 11 is 3.31. The first kappa shape index (κ1) is 12.5. The molecule has 18 heavy (non-hydrogen) atoms. The number of aromatic nitrogens is 2. The molecule has 0 fully saturated rings. The van der Waals surface area contributed by atoms with Gasteiger partial charge in [0, 0.05) is 16.9 Å². The van der Waals surface area contributed by atoms with E-state index in [2.05, 4.69) is 31.2 Å². The second-order valence-electron chi connectivity index (χ2n) is 3.39. The Morgan fingerprint density at radius 2 is 2.22 bits per heavy atom. The van der Waals surface area contributed by atoms with Crippen LogP contribution in [-0.2, 0) is 0 Å². The van der Waals surface area contributed by atoms with Crippen molar-refractivity contribution in [2.75, 3.05) is 12.4 Å². The Morgan fingerprint density at radius 1 is 1.39 bits per heavy atom. The number of nitrogens with zero attached hydrogens (tertiary/aromatic N) is 2. The van der Waals surface area contributed by atoms with Gasteiger partial charge in [0.05, 0.1) is 18.9 Å². The van der Waals surface area contributed by atoms with Gasteiger partial charge in [-0.25, -0.2) is 4.98 Å². The van der Waals surface area contributed by atoms with Crippen molar-refractivity contribution in [3.63, 3.8) is 0 Å². The second kappa shape index (κ2) is 5.59. The minimum atomic E-state index is -0.292. The van der Waals surface area contributed by atoms with E-state index in [4.69, 9.17) is 4.74 Å². The Labute approximate surface area is 112 Å². The van der Waals surface area contributed by atoms with Crippen LogP contribution in [0.1, 0.15) is 10.4 Å². The molecule has 0 saturated carbocycles. The number of hydrogen-bond acceptors (Lipinski definition) is 4. The lowest BCUT2D eigenvalue weighted by Gasteiger charge is -2.08. The van der Waals surface area contributed by atoms with E-state index >= 15 is 0 Å². The lowest BCUT2D eigenvalue weighted by atomic mass is 10.2. The third-order valence-electron chi connectivity index (χ3n) is 2.21. The molecule has 0 saturated heterocycles. The predicted molar refractivity (Wildman–Crippen MR) is 70.7 cm³/mol. The molecular weight excluding hydrogens is 298 g/mol. The van der Waals surface area contributed by atoms with Gasteiger partial charge in [0.2, 0.25) is 0 Å². The van der Waals surface area contributed by atoms with Gasteiger partial charge in [-0.05, 0) is 18.2 Å². The van der Waals surface area contributed by atoms with Crippen LogP contribution in [0.15, 0.2) is 41.3 Å². The molecule has 1 amide bonds. The van der Waals surface area contributed by atoms with Crippen molar-refractivity contribution >= 4 is 27.7 Å². The fourth-order valence-electron chi connectivity index (χ4n) is 1.39. The summed E-state index contributed by atoms with van der Waals surface area (Å²) in [6, 6.07) is 5.08. The highest BCUT2D eigenvalue weighted by Crippen LogP contribution is 2.18. The first-order chi connectivity index (χ1) is 8.70. The number of methoxy groups -OCH3 is 1. The molecule has 0 aliphatic carbocycles. The fourth-order valence-corrected chi connectivity index (χ4v) is 1.72. The van der Waals surface area contributed by atoms with Gasteiger partial charge < -0.3 is 10.1 Å². The molecule has 0 unspecified atom stereocenters. The maximum atomic E-state index is 12.0. The number of hydrogen-bond donors (Lipinski definition) is 1. The largest absolute Gasteiger partial charge is 0.494 e. The Hall–Kier alpha value is -1.95. The summed E-state index contributed by atoms with van der Waals surface area (Å²) in [6.45, 7) is 0. The summed E-state index contributed by atoms with van der Waals surface area (Å²) in [6.07, 6.45) is 4.62. The Bertz CT molecular complexity index is 575. The summed E-state index contributed by atoms with van der Waals surface area (Å²) in [5, 5.41) is 2.69. The zero-order valence-corrected chi connectivity index (χ0v) is 11.1. The molecule has 5 nitrogen and oxygen atoms in total. The molecule has 1 N–H and O–H groups in total. The number of carbonyl (C=O) groups excluding carboxylic acids is 1. The SMILES string of the molecule is COc1cnccc1C(=O)Nc1cc(Br)ccn1. The standard InChI is InChI=1S/C12H10BrN3O2/c1-18-10-7-14-4-3-9(10)12(17)16-11-6-8(13)2-5-15-11/h2-7H,1H3,(H,15,16,17). The maximum Gasteiger partial charge on any atom is 0.260 e. The lowest BCUT2D eigenvalue weighted by molar-refractivity contribution is 0.102. The molecular formula is C12H10BrN3O2. The van der Waals surface area contributed by atoms with Crippen molar-refractivity contribution in [1.82, 2.24) is 9.97 Å². The highest BCUT2D eigenvalue weighted by molar-refractivity contribution is 9.10. The molecule has 0 atom stereocenters. The smallest absolute Gasteiger partial charge is 0.260 e. The lowest BCUT2D eigenvalue weighted by Crippen LogP contribution is -2.14. The molecule has 6 heteroatoms. The number of ether oxygens (including phenoxy) is 1. The summed E-state index contributed by atoms with van der Waals surface area (Å²) in [5.41, 5.74) is 0.411. The van der Waals surface area contributed by atoms with Crippen LogP contribution in [-0.4, -0.2) is 23.0 Å². The van der Waals surface area contributed by atoms with Gasteiger partial charge in [0.15, 0.2) is 0 Å². The summed E-state index contributed by atoms with van der Waals surface area (Å²) in [4.78, 5) is 20.0. The van der Waals surface area contributed by atoms with Crippen LogP contribution in [0.2, 0.25) is 0 Å². The molecule has 0 spiro atoms. The van der Waals surface area contributed by atoms with Gasteiger partial charge in [-0.1, -0.05) is 15.9 Å². The number of amides is 1. The molecule has 0 bridgehead atoms. The van der Waals surface area contributed by atoms with E-state index in [9.17, 15) is 4.79 Å². The quantitative estimate of drug-likeness (QED) is 0.946. The average molecular weight is 308 g/mol. The second-order valence-corrected chi connectivity index (χ2v) is 4.31. The molecule has 0 aliphatic rings. The van der Waals surface area contributed by atoms with E-state index in [1.54, 1.807) is 24.4 Å². The zero-order chi connectivity index (χ0) is 13.0. The first-order valence-electron chi connectivity index (χ1n) is 5.11. The fraction of sp³-hybridized carbons (Fsp3) is 0.0833. The van der Waals surface area contributed by atoms with E-state index in [0.717, 1.165) is 4.47 Å². The van der Waals surface area contributed by atoms with E-state index in [0.29, 0.717) is 17.1 Å². The van der Waals surface area contributed by atoms with Crippen molar-refractivity contribution in [2.45, 2.75) is 0 Å². The van der Waals surface area contributed by atoms with Crippen molar-refractivity contribution in [3.05, 3.63) is 46.8 Å². The van der Waals surface area contributed by atoms with Crippen LogP contribution >= 0.6 is 15.9 Å². The van der Waals surface area contributed by atoms with Gasteiger partial charge in [0.25, 0.3) is 5.91 Å². The molecule has 0 radical (unpaired) electrons. The summed E-state index contributed by atoms with van der Waals surface area (Å²) in [5.74, 6) is 0.595. The number of rotatable bonds is 3. The molecule has 2 aromatic rings. The van der Waals surface area contributed by atoms with Crippen LogP contribution in [0.5, 0.6) is 5.75 Å². The number of anilines is 1. The molecule has 2 aromatic heterocycles. The molecule has 0 aliphatic heterocycles. The van der Waals surface area contributed by atoms with Gasteiger partial charge in [-0.15, -0.1) is 0 Å². The normalized spacial score (nSPS) is 9.89. The van der Waals surface area contributed by atoms with Crippen LogP contribution in [0.25, 0.3) is 0 Å². The zero-order valence-electron chi connectivity index (χ0n) is 9.55. The van der Waals surface area contributed by atoms with E-state index in [1.807, 2.05) is 0 Å². The predicted octanol–water partition coefficient (Wildman–Crippen LogP) is 2.50. The van der Waals surface area contributed by atoms with Crippen LogP contribution in [0.3, 0.4) is 0 Å². The highest BCUT2D eigenvalue weighted by Gasteiger charge is 2.12. The highest BCUT2D eigenvalue weighted by atomic mass is 79.9. The van der Waals surface area contributed by atoms with Crippen LogP contribution in [0, 0.1) is 0 Å². The third kappa shape index (κ3) is 2.84. The number of halogens is 1. The summed E-state index contributed by atoms with van der Waals surface area (Å²) in [7, 11) is 1.49. The third-order valence-corrected chi connectivity index (χ3v) is 2.71. The van der Waals surface area contributed by atoms with Crippen molar-refractivity contribution < 1.29 is 9.53 Å². The monoisotopic (exact) mass is 307 g/mol. The van der Waals surface area contributed by atoms with Crippen molar-refractivity contribution in [1.29, 1.82) is 0 Å². The molecule has 0 aromatic carbocycles. The number of carbonyl (C=O) groups is 1. The van der Waals surface area contributed by atoms with E-state index in [1.165, 1.54) is 19.5 Å².